The maximum absolute atomic E-state index is 6.39. The van der Waals surface area contributed by atoms with Gasteiger partial charge in [-0.3, -0.25) is 10.4 Å². The van der Waals surface area contributed by atoms with E-state index in [4.69, 9.17) is 20.2 Å². The van der Waals surface area contributed by atoms with Gasteiger partial charge in [-0.2, -0.15) is 0 Å². The predicted octanol–water partition coefficient (Wildman–Crippen LogP) is 2.63. The molecule has 0 aliphatic carbocycles. The Labute approximate surface area is 174 Å². The average molecular weight is 411 g/mol. The lowest BCUT2D eigenvalue weighted by Gasteiger charge is -2.12. The van der Waals surface area contributed by atoms with Crippen molar-refractivity contribution in [1.82, 2.24) is 9.97 Å². The van der Waals surface area contributed by atoms with Gasteiger partial charge in [0.15, 0.2) is 5.82 Å². The second-order valence-corrected chi connectivity index (χ2v) is 7.22. The Hall–Kier alpha value is -3.10. The van der Waals surface area contributed by atoms with Crippen LogP contribution in [0.5, 0.6) is 5.75 Å². The first kappa shape index (κ1) is 20.6. The number of hydrogen-bond donors (Lipinski definition) is 3. The number of nitrogens with one attached hydrogen (secondary N) is 1. The third-order valence-corrected chi connectivity index (χ3v) is 4.51. The highest BCUT2D eigenvalue weighted by Gasteiger charge is 2.16. The molecule has 5 N–H and O–H groups in total. The van der Waals surface area contributed by atoms with Crippen LogP contribution in [-0.4, -0.2) is 21.8 Å². The molecule has 0 unspecified atom stereocenters. The fourth-order valence-electron chi connectivity index (χ4n) is 2.57. The fraction of sp³-hybridized carbons (Fsp3) is 0.190. The maximum Gasteiger partial charge on any atom is 0.213 e. The van der Waals surface area contributed by atoms with Crippen LogP contribution in [0.1, 0.15) is 30.7 Å². The molecule has 7 nitrogen and oxygen atoms in total. The fourth-order valence-corrected chi connectivity index (χ4v) is 3.06. The lowest BCUT2D eigenvalue weighted by atomic mass is 10.0. The quantitative estimate of drug-likeness (QED) is 0.164. The van der Waals surface area contributed by atoms with Gasteiger partial charge in [-0.05, 0) is 56.3 Å². The minimum absolute atomic E-state index is 0.0603. The summed E-state index contributed by atoms with van der Waals surface area (Å²) in [6.07, 6.45) is 3.46. The van der Waals surface area contributed by atoms with Crippen LogP contribution in [0.25, 0.3) is 0 Å². The Morgan fingerprint density at radius 2 is 2.00 bits per heavy atom. The van der Waals surface area contributed by atoms with E-state index in [1.807, 2.05) is 50.2 Å². The highest BCUT2D eigenvalue weighted by Crippen LogP contribution is 2.23. The Kier molecular flexibility index (Phi) is 7.04. The second kappa shape index (κ2) is 9.90. The molecule has 29 heavy (non-hydrogen) atoms. The van der Waals surface area contributed by atoms with E-state index in [9.17, 15) is 0 Å². The number of rotatable bonds is 9. The number of nitrogens with zero attached hydrogens (tertiary/aromatic N) is 2. The summed E-state index contributed by atoms with van der Waals surface area (Å²) in [5.74, 6) is 1.86. The smallest absolute Gasteiger partial charge is 0.213 e. The summed E-state index contributed by atoms with van der Waals surface area (Å²) in [5, 5.41) is 6.39. The molecule has 0 saturated heterocycles. The largest absolute Gasteiger partial charge is 0.491 e. The molecule has 0 atom stereocenters. The number of aromatic nitrogens is 2. The van der Waals surface area contributed by atoms with E-state index >= 15 is 0 Å². The van der Waals surface area contributed by atoms with E-state index in [0.717, 1.165) is 11.3 Å². The molecule has 0 spiro atoms. The molecule has 3 aromatic rings. The normalized spacial score (nSPS) is 10.7. The van der Waals surface area contributed by atoms with Crippen molar-refractivity contribution >= 4 is 29.3 Å². The molecule has 8 heteroatoms. The van der Waals surface area contributed by atoms with E-state index in [1.165, 1.54) is 12.0 Å². The van der Waals surface area contributed by atoms with Crippen LogP contribution in [0.15, 0.2) is 60.9 Å². The number of ether oxygens (including phenoxy) is 1. The van der Waals surface area contributed by atoms with Crippen molar-refractivity contribution in [2.45, 2.75) is 25.7 Å². The Bertz CT molecular complexity index is 966. The molecule has 2 heterocycles. The van der Waals surface area contributed by atoms with Gasteiger partial charge in [0.2, 0.25) is 5.71 Å². The summed E-state index contributed by atoms with van der Waals surface area (Å²) in [6.45, 7) is 3.94. The third kappa shape index (κ3) is 5.94. The number of hydrogen-bond acceptors (Lipinski definition) is 7. The summed E-state index contributed by atoms with van der Waals surface area (Å²) in [7, 11) is 0. The van der Waals surface area contributed by atoms with Gasteiger partial charge in [0.1, 0.15) is 5.75 Å². The van der Waals surface area contributed by atoms with Crippen LogP contribution in [-0.2, 0) is 10.0 Å². The van der Waals surface area contributed by atoms with Gasteiger partial charge in [-0.25, -0.2) is 14.7 Å². The molecule has 2 aromatic heterocycles. The highest BCUT2D eigenvalue weighted by molar-refractivity contribution is 7.93. The van der Waals surface area contributed by atoms with Gasteiger partial charge in [0.25, 0.3) is 0 Å². The Morgan fingerprint density at radius 3 is 2.76 bits per heavy atom. The SMILES string of the molecule is CC(C)Oc1ccc(N)c(C(=[NH2+])c2ccnc(NOSCc3ccccn3)c2)c1. The van der Waals surface area contributed by atoms with Crippen molar-refractivity contribution < 1.29 is 14.4 Å². The molecule has 3 rings (SSSR count). The molecular weight excluding hydrogens is 386 g/mol. The first-order valence-electron chi connectivity index (χ1n) is 9.12. The predicted molar refractivity (Wildman–Crippen MR) is 116 cm³/mol. The van der Waals surface area contributed by atoms with Crippen LogP contribution < -0.4 is 21.4 Å². The molecule has 0 aliphatic heterocycles. The minimum Gasteiger partial charge on any atom is -0.491 e. The lowest BCUT2D eigenvalue weighted by Crippen LogP contribution is -2.41. The molecular formula is C21H24N5O2S+. The highest BCUT2D eigenvalue weighted by atomic mass is 32.2. The Balaban J connectivity index is 1.65. The molecule has 1 aromatic carbocycles. The molecule has 0 saturated carbocycles. The molecule has 0 aliphatic rings. The second-order valence-electron chi connectivity index (χ2n) is 6.53. The molecule has 0 bridgehead atoms. The van der Waals surface area contributed by atoms with Crippen LogP contribution in [0.3, 0.4) is 0 Å². The van der Waals surface area contributed by atoms with E-state index in [-0.39, 0.29) is 6.10 Å². The lowest BCUT2D eigenvalue weighted by molar-refractivity contribution is -0.111. The van der Waals surface area contributed by atoms with Crippen molar-refractivity contribution in [3.8, 4) is 5.75 Å². The molecule has 0 amide bonds. The van der Waals surface area contributed by atoms with Crippen LogP contribution in [0.2, 0.25) is 0 Å². The van der Waals surface area contributed by atoms with Gasteiger partial charge in [0.05, 0.1) is 28.7 Å². The van der Waals surface area contributed by atoms with Gasteiger partial charge >= 0.3 is 0 Å². The van der Waals surface area contributed by atoms with E-state index < -0.39 is 0 Å². The zero-order valence-corrected chi connectivity index (χ0v) is 17.1. The van der Waals surface area contributed by atoms with E-state index in [1.54, 1.807) is 24.5 Å². The molecule has 0 radical (unpaired) electrons. The van der Waals surface area contributed by atoms with E-state index in [2.05, 4.69) is 15.4 Å². The van der Waals surface area contributed by atoms with Crippen molar-refractivity contribution in [3.63, 3.8) is 0 Å². The number of pyridine rings is 2. The van der Waals surface area contributed by atoms with E-state index in [0.29, 0.717) is 34.3 Å². The van der Waals surface area contributed by atoms with Crippen LogP contribution in [0, 0.1) is 0 Å². The van der Waals surface area contributed by atoms with Crippen molar-refractivity contribution in [3.05, 3.63) is 77.7 Å². The number of nitrogens with two attached hydrogens (primary N) is 2. The summed E-state index contributed by atoms with van der Waals surface area (Å²) in [5.41, 5.74) is 12.5. The minimum atomic E-state index is 0.0603. The Morgan fingerprint density at radius 1 is 1.14 bits per heavy atom. The maximum atomic E-state index is 6.39. The van der Waals surface area contributed by atoms with Gasteiger partial charge in [0, 0.05) is 30.1 Å². The zero-order chi connectivity index (χ0) is 20.6. The number of nitrogen functional groups attached to an aromatic ring is 1. The van der Waals surface area contributed by atoms with Crippen LogP contribution >= 0.6 is 12.0 Å². The van der Waals surface area contributed by atoms with Gasteiger partial charge < -0.3 is 10.5 Å². The summed E-state index contributed by atoms with van der Waals surface area (Å²) in [6, 6.07) is 14.8. The first-order chi connectivity index (χ1) is 14.0. The van der Waals surface area contributed by atoms with Gasteiger partial charge in [-0.1, -0.05) is 6.07 Å². The van der Waals surface area contributed by atoms with Gasteiger partial charge in [-0.15, -0.1) is 0 Å². The monoisotopic (exact) mass is 410 g/mol. The number of benzene rings is 1. The molecule has 150 valence electrons. The first-order valence-corrected chi connectivity index (χ1v) is 10.0. The summed E-state index contributed by atoms with van der Waals surface area (Å²) < 4.78 is 11.2. The summed E-state index contributed by atoms with van der Waals surface area (Å²) >= 11 is 1.23. The topological polar surface area (TPSA) is 108 Å². The summed E-state index contributed by atoms with van der Waals surface area (Å²) in [4.78, 5) is 8.49. The standard InChI is InChI=1S/C21H23N5O2S/c1-14(2)27-17-6-7-19(22)18(12-17)21(23)15-8-10-25-20(11-15)26-28-29-13-16-5-3-4-9-24-16/h3-12,14,23H,13,22H2,1-2H3,(H,25,26)/p+1. The molecule has 0 fully saturated rings. The third-order valence-electron chi connectivity index (χ3n) is 3.90. The van der Waals surface area contributed by atoms with Crippen molar-refractivity contribution in [1.29, 1.82) is 0 Å². The van der Waals surface area contributed by atoms with Crippen molar-refractivity contribution in [2.75, 3.05) is 11.2 Å². The van der Waals surface area contributed by atoms with Crippen molar-refractivity contribution in [2.24, 2.45) is 0 Å². The average Bonchev–Trinajstić information content (AvgIpc) is 2.73. The van der Waals surface area contributed by atoms with Crippen LogP contribution in [0.4, 0.5) is 11.5 Å². The number of anilines is 2. The zero-order valence-electron chi connectivity index (χ0n) is 16.3.